The minimum atomic E-state index is -0.459. The molecule has 0 saturated carbocycles. The van der Waals surface area contributed by atoms with Crippen LogP contribution in [0.25, 0.3) is 10.9 Å². The number of aromatic nitrogens is 2. The number of carbonyl (C=O) groups excluding carboxylic acids is 1. The van der Waals surface area contributed by atoms with Gasteiger partial charge in [-0.25, -0.2) is 4.98 Å². The first-order valence-electron chi connectivity index (χ1n) is 11.2. The van der Waals surface area contributed by atoms with Crippen LogP contribution in [-0.2, 0) is 11.3 Å². The van der Waals surface area contributed by atoms with Crippen molar-refractivity contribution in [1.29, 1.82) is 0 Å². The number of likely N-dealkylation sites (tertiary alicyclic amines) is 1. The van der Waals surface area contributed by atoms with Crippen LogP contribution in [0.1, 0.15) is 29.2 Å². The van der Waals surface area contributed by atoms with Crippen molar-refractivity contribution in [2.75, 3.05) is 13.1 Å². The van der Waals surface area contributed by atoms with Crippen molar-refractivity contribution in [1.82, 2.24) is 14.5 Å². The molecule has 1 aromatic heterocycles. The number of rotatable bonds is 6. The molecule has 1 aliphatic heterocycles. The van der Waals surface area contributed by atoms with E-state index in [0.29, 0.717) is 22.6 Å². The molecule has 5 nitrogen and oxygen atoms in total. The Morgan fingerprint density at radius 2 is 1.52 bits per heavy atom. The molecular formula is C27H25N3O2S. The zero-order valence-corrected chi connectivity index (χ0v) is 19.1. The summed E-state index contributed by atoms with van der Waals surface area (Å²) in [6.07, 6.45) is 2.07. The summed E-state index contributed by atoms with van der Waals surface area (Å²) < 4.78 is 1.70. The summed E-state index contributed by atoms with van der Waals surface area (Å²) in [5.74, 6) is 0.0809. The van der Waals surface area contributed by atoms with Gasteiger partial charge < -0.3 is 4.90 Å². The zero-order chi connectivity index (χ0) is 22.6. The smallest absolute Gasteiger partial charge is 0.262 e. The van der Waals surface area contributed by atoms with E-state index >= 15 is 0 Å². The van der Waals surface area contributed by atoms with Gasteiger partial charge in [0.1, 0.15) is 5.25 Å². The molecule has 5 rings (SSSR count). The number of benzene rings is 3. The lowest BCUT2D eigenvalue weighted by atomic mass is 10.1. The molecule has 1 fully saturated rings. The molecule has 1 saturated heterocycles. The SMILES string of the molecule is O=C([C@H](Sc1nc2ccccc2c(=O)n1Cc1ccccc1)c1ccccc1)N1CCCC1. The van der Waals surface area contributed by atoms with Gasteiger partial charge in [0.25, 0.3) is 5.56 Å². The van der Waals surface area contributed by atoms with Crippen molar-refractivity contribution >= 4 is 28.6 Å². The third-order valence-corrected chi connectivity index (χ3v) is 7.21. The van der Waals surface area contributed by atoms with Crippen LogP contribution in [0.5, 0.6) is 0 Å². The number of amides is 1. The van der Waals surface area contributed by atoms with Crippen LogP contribution in [0.2, 0.25) is 0 Å². The number of fused-ring (bicyclic) bond motifs is 1. The van der Waals surface area contributed by atoms with Crippen LogP contribution in [0.3, 0.4) is 0 Å². The van der Waals surface area contributed by atoms with Crippen LogP contribution < -0.4 is 5.56 Å². The van der Waals surface area contributed by atoms with E-state index in [-0.39, 0.29) is 11.5 Å². The predicted molar refractivity (Wildman–Crippen MR) is 132 cm³/mol. The molecular weight excluding hydrogens is 430 g/mol. The molecule has 0 radical (unpaired) electrons. The summed E-state index contributed by atoms with van der Waals surface area (Å²) in [5.41, 5.74) is 2.50. The molecule has 1 atom stereocenters. The van der Waals surface area contributed by atoms with Gasteiger partial charge in [-0.3, -0.25) is 14.2 Å². The van der Waals surface area contributed by atoms with Crippen LogP contribution in [0.15, 0.2) is 94.9 Å². The summed E-state index contributed by atoms with van der Waals surface area (Å²) in [5, 5.41) is 0.684. The summed E-state index contributed by atoms with van der Waals surface area (Å²) in [6, 6.07) is 27.1. The number of carbonyl (C=O) groups is 1. The van der Waals surface area contributed by atoms with Crippen LogP contribution in [0.4, 0.5) is 0 Å². The van der Waals surface area contributed by atoms with Gasteiger partial charge in [-0.1, -0.05) is 84.6 Å². The molecule has 6 heteroatoms. The van der Waals surface area contributed by atoms with Crippen molar-refractivity contribution in [3.8, 4) is 0 Å². The number of nitrogens with zero attached hydrogens (tertiary/aromatic N) is 3. The second-order valence-electron chi connectivity index (χ2n) is 8.23. The quantitative estimate of drug-likeness (QED) is 0.307. The summed E-state index contributed by atoms with van der Waals surface area (Å²) in [6.45, 7) is 1.97. The van der Waals surface area contributed by atoms with E-state index in [2.05, 4.69) is 0 Å². The Balaban J connectivity index is 1.61. The highest BCUT2D eigenvalue weighted by Crippen LogP contribution is 2.37. The van der Waals surface area contributed by atoms with Crippen molar-refractivity contribution in [2.45, 2.75) is 29.8 Å². The highest BCUT2D eigenvalue weighted by Gasteiger charge is 2.30. The predicted octanol–water partition coefficient (Wildman–Crippen LogP) is 4.90. The third kappa shape index (κ3) is 4.57. The minimum absolute atomic E-state index is 0.0809. The van der Waals surface area contributed by atoms with Gasteiger partial charge in [-0.2, -0.15) is 0 Å². The number of hydrogen-bond acceptors (Lipinski definition) is 4. The molecule has 33 heavy (non-hydrogen) atoms. The lowest BCUT2D eigenvalue weighted by Crippen LogP contribution is -2.32. The van der Waals surface area contributed by atoms with E-state index in [9.17, 15) is 9.59 Å². The first kappa shape index (κ1) is 21.5. The minimum Gasteiger partial charge on any atom is -0.341 e. The van der Waals surface area contributed by atoms with E-state index < -0.39 is 5.25 Å². The molecule has 2 heterocycles. The molecule has 0 spiro atoms. The maximum Gasteiger partial charge on any atom is 0.262 e. The van der Waals surface area contributed by atoms with Crippen LogP contribution in [-0.4, -0.2) is 33.4 Å². The molecule has 3 aromatic carbocycles. The lowest BCUT2D eigenvalue weighted by Gasteiger charge is -2.24. The fourth-order valence-corrected chi connectivity index (χ4v) is 5.42. The van der Waals surface area contributed by atoms with E-state index in [1.54, 1.807) is 4.57 Å². The zero-order valence-electron chi connectivity index (χ0n) is 18.3. The number of thioether (sulfide) groups is 1. The Bertz CT molecular complexity index is 1320. The highest BCUT2D eigenvalue weighted by molar-refractivity contribution is 8.00. The van der Waals surface area contributed by atoms with E-state index in [4.69, 9.17) is 4.98 Å². The van der Waals surface area contributed by atoms with E-state index in [0.717, 1.165) is 37.1 Å². The van der Waals surface area contributed by atoms with Crippen LogP contribution in [0, 0.1) is 0 Å². The van der Waals surface area contributed by atoms with Crippen molar-refractivity contribution in [2.24, 2.45) is 0 Å². The van der Waals surface area contributed by atoms with E-state index in [1.165, 1.54) is 11.8 Å². The lowest BCUT2D eigenvalue weighted by molar-refractivity contribution is -0.129. The Labute approximate surface area is 197 Å². The molecule has 1 amide bonds. The second-order valence-corrected chi connectivity index (χ2v) is 9.30. The summed E-state index contributed by atoms with van der Waals surface area (Å²) >= 11 is 1.37. The Morgan fingerprint density at radius 1 is 0.879 bits per heavy atom. The fraction of sp³-hybridized carbons (Fsp3) is 0.222. The van der Waals surface area contributed by atoms with Gasteiger partial charge in [-0.05, 0) is 36.1 Å². The third-order valence-electron chi connectivity index (χ3n) is 5.98. The average molecular weight is 456 g/mol. The Morgan fingerprint density at radius 3 is 2.24 bits per heavy atom. The monoisotopic (exact) mass is 455 g/mol. The summed E-state index contributed by atoms with van der Waals surface area (Å²) in [7, 11) is 0. The first-order chi connectivity index (χ1) is 16.2. The molecule has 0 aliphatic carbocycles. The molecule has 0 unspecified atom stereocenters. The molecule has 0 bridgehead atoms. The van der Waals surface area contributed by atoms with Crippen LogP contribution >= 0.6 is 11.8 Å². The normalized spacial score (nSPS) is 14.5. The van der Waals surface area contributed by atoms with Crippen molar-refractivity contribution in [3.05, 3.63) is 106 Å². The van der Waals surface area contributed by atoms with Gasteiger partial charge in [0.2, 0.25) is 5.91 Å². The first-order valence-corrected chi connectivity index (χ1v) is 12.1. The van der Waals surface area contributed by atoms with Crippen molar-refractivity contribution < 1.29 is 4.79 Å². The second kappa shape index (κ2) is 9.63. The molecule has 4 aromatic rings. The Kier molecular flexibility index (Phi) is 6.26. The number of para-hydroxylation sites is 1. The van der Waals surface area contributed by atoms with E-state index in [1.807, 2.05) is 89.8 Å². The fourth-order valence-electron chi connectivity index (χ4n) is 4.24. The molecule has 1 aliphatic rings. The maximum absolute atomic E-state index is 13.6. The largest absolute Gasteiger partial charge is 0.341 e. The van der Waals surface area contributed by atoms with Gasteiger partial charge in [0.05, 0.1) is 17.4 Å². The maximum atomic E-state index is 13.6. The number of hydrogen-bond donors (Lipinski definition) is 0. The molecule has 166 valence electrons. The Hall–Kier alpha value is -3.38. The average Bonchev–Trinajstić information content (AvgIpc) is 3.41. The standard InChI is InChI=1S/C27H25N3O2S/c31-25-22-15-7-8-16-23(22)28-27(30(25)19-20-11-3-1-4-12-20)33-24(21-13-5-2-6-14-21)26(32)29-17-9-10-18-29/h1-8,11-16,24H,9-10,17-19H2/t24-/m1/s1. The van der Waals surface area contributed by atoms with Gasteiger partial charge in [0, 0.05) is 13.1 Å². The van der Waals surface area contributed by atoms with Gasteiger partial charge >= 0.3 is 0 Å². The summed E-state index contributed by atoms with van der Waals surface area (Å²) in [4.78, 5) is 33.9. The topological polar surface area (TPSA) is 55.2 Å². The molecule has 0 N–H and O–H groups in total. The van der Waals surface area contributed by atoms with Gasteiger partial charge in [-0.15, -0.1) is 0 Å². The van der Waals surface area contributed by atoms with Gasteiger partial charge in [0.15, 0.2) is 5.16 Å². The van der Waals surface area contributed by atoms with Crippen molar-refractivity contribution in [3.63, 3.8) is 0 Å². The highest BCUT2D eigenvalue weighted by atomic mass is 32.2.